The maximum atomic E-state index is 5.47. The molecule has 714 valence electrons. The van der Waals surface area contributed by atoms with Crippen molar-refractivity contribution in [3.8, 4) is 147 Å². The molecule has 0 spiro atoms. The van der Waals surface area contributed by atoms with Crippen LogP contribution < -0.4 is 0 Å². The van der Waals surface area contributed by atoms with Crippen LogP contribution in [0.1, 0.15) is 5.89 Å². The predicted molar refractivity (Wildman–Crippen MR) is 614 cm³/mol. The topological polar surface area (TPSA) is 233 Å². The van der Waals surface area contributed by atoms with Crippen LogP contribution in [0.3, 0.4) is 0 Å². The lowest BCUT2D eigenvalue weighted by Gasteiger charge is -2.16. The molecule has 6 heterocycles. The van der Waals surface area contributed by atoms with E-state index in [0.29, 0.717) is 64.3 Å². The van der Waals surface area contributed by atoms with Crippen molar-refractivity contribution in [1.82, 2.24) is 70.6 Å². The van der Waals surface area contributed by atoms with E-state index in [0.717, 1.165) is 86.9 Å². The maximum absolute atomic E-state index is 5.47. The monoisotopic (exact) mass is 2380 g/mol. The van der Waals surface area contributed by atoms with Gasteiger partial charge in [-0.05, 0) is 231 Å². The van der Waals surface area contributed by atoms with Crippen molar-refractivity contribution < 1.29 is 17.9 Å². The van der Waals surface area contributed by atoms with Crippen molar-refractivity contribution in [2.75, 3.05) is 0 Å². The molecule has 0 saturated carbocycles. The zero-order chi connectivity index (χ0) is 101. The fourth-order valence-corrected chi connectivity index (χ4v) is 18.0. The summed E-state index contributed by atoms with van der Waals surface area (Å²) in [5.74, 6) is 6.83. The first-order chi connectivity index (χ1) is 72.0. The number of rotatable bonds is 13. The van der Waals surface area contributed by atoms with Gasteiger partial charge >= 0.3 is 5.35 Å². The Morgan fingerprint density at radius 3 is 1.01 bits per heavy atom. The third kappa shape index (κ3) is 27.4. The Kier molecular flexibility index (Phi) is 34.7. The van der Waals surface area contributed by atoms with Crippen LogP contribution in [0.2, 0.25) is 5.35 Å². The molecule has 6 aromatic heterocycles. The average molecular weight is 2390 g/mol. The summed E-state index contributed by atoms with van der Waals surface area (Å²) in [5.41, 5.74) is 16.9. The number of aromatic nitrogens is 14. The van der Waals surface area contributed by atoms with Crippen LogP contribution in [-0.2, 0) is 0 Å². The van der Waals surface area contributed by atoms with E-state index in [1.807, 2.05) is 273 Å². The summed E-state index contributed by atoms with van der Waals surface area (Å²) in [6.07, 6.45) is 2.63. The van der Waals surface area contributed by atoms with Gasteiger partial charge in [-0.3, -0.25) is 0 Å². The highest BCUT2D eigenvalue weighted by molar-refractivity contribution is 9.11. The number of hydrogen-bond donors (Lipinski definition) is 0. The van der Waals surface area contributed by atoms with E-state index < -0.39 is 0 Å². The summed E-state index contributed by atoms with van der Waals surface area (Å²) in [5, 5.41) is 32.6. The summed E-state index contributed by atoms with van der Waals surface area (Å²) in [6, 6.07) is 153. The van der Waals surface area contributed by atoms with Crippen LogP contribution in [0.5, 0.6) is 0 Å². The van der Waals surface area contributed by atoms with Crippen molar-refractivity contribution in [2.24, 2.45) is 0 Å². The van der Waals surface area contributed by atoms with E-state index in [1.165, 1.54) is 89.3 Å². The Labute approximate surface area is 910 Å². The van der Waals surface area contributed by atoms with Gasteiger partial charge in [-0.2, -0.15) is 9.97 Å². The zero-order valence-electron chi connectivity index (χ0n) is 77.9. The molecule has 0 atom stereocenters. The number of halogens is 8. The normalized spacial score (nSPS) is 10.6. The second kappa shape index (κ2) is 50.3. The van der Waals surface area contributed by atoms with Crippen LogP contribution in [0.15, 0.2) is 517 Å². The minimum atomic E-state index is 0.0638. The van der Waals surface area contributed by atoms with Gasteiger partial charge < -0.3 is 17.9 Å². The first kappa shape index (κ1) is 102. The van der Waals surface area contributed by atoms with Crippen molar-refractivity contribution in [3.05, 3.63) is 510 Å². The van der Waals surface area contributed by atoms with Gasteiger partial charge in [0.15, 0.2) is 34.9 Å². The molecule has 25 aromatic rings. The predicted octanol–water partition coefficient (Wildman–Crippen LogP) is 36.0. The molecular formula is C121H80Br7ClN14O4. The smallest absolute Gasteiger partial charge is 0.320 e. The van der Waals surface area contributed by atoms with Gasteiger partial charge in [0.25, 0.3) is 0 Å². The van der Waals surface area contributed by atoms with Gasteiger partial charge in [0, 0.05) is 93.9 Å². The molecule has 147 heavy (non-hydrogen) atoms. The SMILES string of the molecule is Brc1c2ccccc2c(-c2ccc(-c3ccccc3)cc2)c2ccc(-c3ccccc3)cc12.Brc1ccc(-c2nc(-c3ccccc3)nc(-c3ccccc3)n2)cc1.Brc1ccc(-c2ncon2)cc1.Brc1ccc(-c2nnco2)cc1.Brc1ccc2cc3ccccc3cc2c1.Brc1cccc(-c2nc(-c3ccccc3)nc(-c3ccccc3)n2)c1.Cc1nnc(-c2ccc(Br)cc2)o1.Clc1nc(-c2ccccc2)no1. The van der Waals surface area contributed by atoms with Crippen molar-refractivity contribution in [3.63, 3.8) is 0 Å². The molecule has 0 amide bonds. The number of aryl methyl sites for hydroxylation is 1. The third-order valence-electron chi connectivity index (χ3n) is 22.6. The molecule has 0 saturated heterocycles. The zero-order valence-corrected chi connectivity index (χ0v) is 89.7. The average Bonchev–Trinajstić information content (AvgIpc) is 0.796. The molecule has 0 N–H and O–H groups in total. The van der Waals surface area contributed by atoms with Crippen LogP contribution in [0, 0.1) is 6.92 Å². The van der Waals surface area contributed by atoms with Crippen LogP contribution in [0.4, 0.5) is 0 Å². The Balaban J connectivity index is 0.000000113. The number of hydrogen-bond acceptors (Lipinski definition) is 18. The van der Waals surface area contributed by atoms with Crippen molar-refractivity contribution in [1.29, 1.82) is 0 Å². The summed E-state index contributed by atoms with van der Waals surface area (Å²) in [6.45, 7) is 1.77. The molecule has 0 aliphatic rings. The van der Waals surface area contributed by atoms with E-state index in [1.54, 1.807) is 6.92 Å². The fourth-order valence-electron chi connectivity index (χ4n) is 15.4. The molecule has 18 nitrogen and oxygen atoms in total. The Bertz CT molecular complexity index is 8410. The summed E-state index contributed by atoms with van der Waals surface area (Å²) in [4.78, 5) is 35.9. The summed E-state index contributed by atoms with van der Waals surface area (Å²) >= 11 is 29.9. The summed E-state index contributed by atoms with van der Waals surface area (Å²) < 4.78 is 26.9. The highest BCUT2D eigenvalue weighted by Gasteiger charge is 2.19. The van der Waals surface area contributed by atoms with E-state index in [-0.39, 0.29) is 5.35 Å². The summed E-state index contributed by atoms with van der Waals surface area (Å²) in [7, 11) is 0. The molecule has 19 aromatic carbocycles. The fraction of sp³-hybridized carbons (Fsp3) is 0.00826. The molecule has 0 aliphatic carbocycles. The van der Waals surface area contributed by atoms with E-state index in [4.69, 9.17) is 40.4 Å². The largest absolute Gasteiger partial charge is 0.423 e. The van der Waals surface area contributed by atoms with Gasteiger partial charge in [-0.1, -0.05) is 433 Å². The standard InChI is InChI=1S/C32H21Br.2C21H14BrN3.C14H9Br.C9H7BrN2O.2C8H5BrN2O.C8H5ClN2O/c33-32-29-14-8-7-13-27(29)31(25-17-15-24(16-18-25)22-9-3-1-4-10-22)28-20-19-26(21-30(28)32)23-11-5-2-6-12-23;22-18-13-7-12-17(14-18)21-24-19(15-8-3-1-4-9-15)23-20(25-21)16-10-5-2-6-11-16;22-18-13-11-17(12-14-18)21-24-19(15-7-3-1-4-8-15)23-20(25-21)16-9-5-2-6-10-16;15-14-6-5-12-7-10-3-1-2-4-11(10)8-13(12)9-14;1-6-11-12-9(13-6)7-2-4-8(10)5-3-7;9-7-3-1-6(2-4-7)8-11-10-5-12-8;9-7-3-1-6(2-4-7)8-10-5-12-11-8;9-8-10-7(11-12-8)6-4-2-1-3-5-6/h1-21H;2*1-14H;1-9H;2-5H,1H3;3*1-5H. The lowest BCUT2D eigenvalue weighted by Crippen LogP contribution is -2.00. The Hall–Kier alpha value is -15.6. The van der Waals surface area contributed by atoms with Crippen LogP contribution >= 0.6 is 123 Å². The molecule has 0 radical (unpaired) electrons. The third-order valence-corrected chi connectivity index (χ3v) is 26.7. The minimum absolute atomic E-state index is 0.0638. The van der Waals surface area contributed by atoms with Gasteiger partial charge in [0.05, 0.1) is 0 Å². The number of nitrogens with zero attached hydrogens (tertiary/aromatic N) is 14. The van der Waals surface area contributed by atoms with Gasteiger partial charge in [-0.25, -0.2) is 29.9 Å². The van der Waals surface area contributed by atoms with Gasteiger partial charge in [0.2, 0.25) is 42.1 Å². The maximum Gasteiger partial charge on any atom is 0.320 e. The van der Waals surface area contributed by atoms with Gasteiger partial charge in [-0.15, -0.1) is 20.4 Å². The minimum Gasteiger partial charge on any atom is -0.423 e. The molecule has 0 unspecified atom stereocenters. The van der Waals surface area contributed by atoms with E-state index in [9.17, 15) is 0 Å². The highest BCUT2D eigenvalue weighted by atomic mass is 79.9. The molecule has 0 fully saturated rings. The lowest BCUT2D eigenvalue weighted by molar-refractivity contribution is 0.419. The second-order valence-corrected chi connectivity index (χ2v) is 39.1. The van der Waals surface area contributed by atoms with E-state index in [2.05, 4.69) is 353 Å². The molecule has 25 rings (SSSR count). The quantitative estimate of drug-likeness (QED) is 0.0976. The van der Waals surface area contributed by atoms with Crippen LogP contribution in [-0.4, -0.2) is 70.6 Å². The molecule has 0 aliphatic heterocycles. The highest BCUT2D eigenvalue weighted by Crippen LogP contribution is 2.44. The number of benzene rings is 19. The van der Waals surface area contributed by atoms with Crippen molar-refractivity contribution >= 4 is 166 Å². The molecule has 0 bridgehead atoms. The number of fused-ring (bicyclic) bond motifs is 4. The van der Waals surface area contributed by atoms with Crippen LogP contribution in [0.25, 0.3) is 190 Å². The first-order valence-electron chi connectivity index (χ1n) is 45.9. The Morgan fingerprint density at radius 1 is 0.224 bits per heavy atom. The molecule has 26 heteroatoms. The first-order valence-corrected chi connectivity index (χ1v) is 51.8. The lowest BCUT2D eigenvalue weighted by atomic mass is 9.90. The van der Waals surface area contributed by atoms with E-state index >= 15 is 0 Å². The second-order valence-electron chi connectivity index (χ2n) is 32.5. The molecular weight excluding hydrogens is 2310 g/mol. The van der Waals surface area contributed by atoms with Crippen molar-refractivity contribution in [2.45, 2.75) is 6.92 Å². The Morgan fingerprint density at radius 2 is 0.578 bits per heavy atom. The van der Waals surface area contributed by atoms with Gasteiger partial charge in [0.1, 0.15) is 0 Å².